The van der Waals surface area contributed by atoms with Crippen LogP contribution in [0.15, 0.2) is 66.7 Å². The molecule has 0 saturated carbocycles. The van der Waals surface area contributed by atoms with Gasteiger partial charge in [0.15, 0.2) is 0 Å². The van der Waals surface area contributed by atoms with Crippen molar-refractivity contribution in [1.29, 1.82) is 0 Å². The Balaban J connectivity index is 1.95. The van der Waals surface area contributed by atoms with Crippen LogP contribution >= 0.6 is 0 Å². The molecule has 0 atom stereocenters. The van der Waals surface area contributed by atoms with E-state index in [2.05, 4.69) is 76.9 Å². The molecule has 0 aromatic heterocycles. The summed E-state index contributed by atoms with van der Waals surface area (Å²) in [5.41, 5.74) is 4.01. The van der Waals surface area contributed by atoms with Gasteiger partial charge in [0, 0.05) is 37.1 Å². The molecule has 0 bridgehead atoms. The predicted molar refractivity (Wildman–Crippen MR) is 94.5 cm³/mol. The van der Waals surface area contributed by atoms with Gasteiger partial charge in [0.2, 0.25) is 0 Å². The molecular formula is C20H20N2. The minimum absolute atomic E-state index is 1.05. The van der Waals surface area contributed by atoms with E-state index in [1.807, 2.05) is 0 Å². The third kappa shape index (κ3) is 2.36. The fourth-order valence-corrected chi connectivity index (χ4v) is 3.33. The molecule has 0 spiro atoms. The molecule has 4 rings (SSSR count). The Kier molecular flexibility index (Phi) is 3.53. The van der Waals surface area contributed by atoms with Gasteiger partial charge in [-0.2, -0.15) is 0 Å². The van der Waals surface area contributed by atoms with E-state index >= 15 is 0 Å². The number of hydrogen-bond donors (Lipinski definition) is 1. The summed E-state index contributed by atoms with van der Waals surface area (Å²) in [7, 11) is 0. The average molecular weight is 288 g/mol. The van der Waals surface area contributed by atoms with E-state index in [0.29, 0.717) is 0 Å². The first-order valence-electron chi connectivity index (χ1n) is 7.96. The average Bonchev–Trinajstić information content (AvgIpc) is 2.62. The number of fused-ring (bicyclic) bond motifs is 1. The second kappa shape index (κ2) is 5.82. The first-order valence-corrected chi connectivity index (χ1v) is 7.96. The van der Waals surface area contributed by atoms with Gasteiger partial charge in [-0.05, 0) is 10.9 Å². The number of anilines is 1. The van der Waals surface area contributed by atoms with Crippen LogP contribution in [-0.2, 0) is 0 Å². The Bertz CT molecular complexity index is 774. The summed E-state index contributed by atoms with van der Waals surface area (Å²) < 4.78 is 0. The maximum absolute atomic E-state index is 3.45. The summed E-state index contributed by atoms with van der Waals surface area (Å²) in [6, 6.07) is 23.9. The molecule has 22 heavy (non-hydrogen) atoms. The van der Waals surface area contributed by atoms with Crippen LogP contribution in [0.1, 0.15) is 0 Å². The molecule has 2 heteroatoms. The van der Waals surface area contributed by atoms with Crippen LogP contribution in [0.4, 0.5) is 5.69 Å². The fraction of sp³-hybridized carbons (Fsp3) is 0.200. The van der Waals surface area contributed by atoms with E-state index in [1.54, 1.807) is 0 Å². The van der Waals surface area contributed by atoms with E-state index in [-0.39, 0.29) is 0 Å². The first kappa shape index (κ1) is 13.4. The summed E-state index contributed by atoms with van der Waals surface area (Å²) in [4.78, 5) is 2.53. The second-order valence-corrected chi connectivity index (χ2v) is 5.79. The van der Waals surface area contributed by atoms with E-state index in [9.17, 15) is 0 Å². The first-order chi connectivity index (χ1) is 10.9. The largest absolute Gasteiger partial charge is 0.368 e. The smallest absolute Gasteiger partial charge is 0.0526 e. The van der Waals surface area contributed by atoms with Crippen LogP contribution < -0.4 is 10.2 Å². The molecule has 1 N–H and O–H groups in total. The molecule has 3 aromatic carbocycles. The minimum Gasteiger partial charge on any atom is -0.368 e. The molecule has 1 fully saturated rings. The predicted octanol–water partition coefficient (Wildman–Crippen LogP) is 3.92. The van der Waals surface area contributed by atoms with Gasteiger partial charge in [-0.3, -0.25) is 0 Å². The van der Waals surface area contributed by atoms with Gasteiger partial charge in [0.25, 0.3) is 0 Å². The minimum atomic E-state index is 1.05. The number of hydrogen-bond acceptors (Lipinski definition) is 2. The Morgan fingerprint density at radius 2 is 1.45 bits per heavy atom. The van der Waals surface area contributed by atoms with Gasteiger partial charge in [-0.1, -0.05) is 66.7 Å². The van der Waals surface area contributed by atoms with Crippen LogP contribution in [0.2, 0.25) is 0 Å². The summed E-state index contributed by atoms with van der Waals surface area (Å²) in [6.45, 7) is 4.23. The van der Waals surface area contributed by atoms with Gasteiger partial charge in [-0.25, -0.2) is 0 Å². The standard InChI is InChI=1S/C20H20N2/c1-2-6-16(7-3-1)19-11-10-17-8-4-5-9-18(17)20(19)22-14-12-21-13-15-22/h1-11,21H,12-15H2. The van der Waals surface area contributed by atoms with Crippen molar-refractivity contribution < 1.29 is 0 Å². The summed E-state index contributed by atoms with van der Waals surface area (Å²) in [6.07, 6.45) is 0. The molecule has 1 aliphatic rings. The van der Waals surface area contributed by atoms with Crippen molar-refractivity contribution >= 4 is 16.5 Å². The summed E-state index contributed by atoms with van der Waals surface area (Å²) in [5.74, 6) is 0. The molecule has 2 nitrogen and oxygen atoms in total. The van der Waals surface area contributed by atoms with Crippen LogP contribution in [0.5, 0.6) is 0 Å². The normalized spacial score (nSPS) is 15.2. The van der Waals surface area contributed by atoms with Crippen LogP contribution in [0.3, 0.4) is 0 Å². The molecule has 3 aromatic rings. The van der Waals surface area contributed by atoms with Gasteiger partial charge < -0.3 is 10.2 Å². The van der Waals surface area contributed by atoms with E-state index in [0.717, 1.165) is 26.2 Å². The zero-order valence-electron chi connectivity index (χ0n) is 12.6. The Morgan fingerprint density at radius 3 is 2.27 bits per heavy atom. The molecule has 1 saturated heterocycles. The number of piperazine rings is 1. The van der Waals surface area contributed by atoms with Crippen molar-refractivity contribution in [3.8, 4) is 11.1 Å². The lowest BCUT2D eigenvalue weighted by Crippen LogP contribution is -2.43. The van der Waals surface area contributed by atoms with Gasteiger partial charge in [0.05, 0.1) is 5.69 Å². The highest BCUT2D eigenvalue weighted by molar-refractivity contribution is 6.02. The zero-order valence-corrected chi connectivity index (χ0v) is 12.6. The third-order valence-corrected chi connectivity index (χ3v) is 4.42. The number of nitrogens with one attached hydrogen (secondary N) is 1. The molecule has 0 aliphatic carbocycles. The lowest BCUT2D eigenvalue weighted by molar-refractivity contribution is 0.590. The molecule has 0 unspecified atom stereocenters. The van der Waals surface area contributed by atoms with Gasteiger partial charge in [0.1, 0.15) is 0 Å². The second-order valence-electron chi connectivity index (χ2n) is 5.79. The maximum atomic E-state index is 3.45. The highest BCUT2D eigenvalue weighted by atomic mass is 15.2. The third-order valence-electron chi connectivity index (χ3n) is 4.42. The molecule has 1 aliphatic heterocycles. The van der Waals surface area contributed by atoms with Crippen LogP contribution in [0, 0.1) is 0 Å². The number of nitrogens with zero attached hydrogens (tertiary/aromatic N) is 1. The van der Waals surface area contributed by atoms with Crippen molar-refractivity contribution in [2.45, 2.75) is 0 Å². The molecule has 0 radical (unpaired) electrons. The van der Waals surface area contributed by atoms with E-state index < -0.39 is 0 Å². The van der Waals surface area contributed by atoms with Crippen molar-refractivity contribution in [2.24, 2.45) is 0 Å². The van der Waals surface area contributed by atoms with E-state index in [1.165, 1.54) is 27.6 Å². The quantitative estimate of drug-likeness (QED) is 0.769. The van der Waals surface area contributed by atoms with Gasteiger partial charge in [-0.15, -0.1) is 0 Å². The monoisotopic (exact) mass is 288 g/mol. The van der Waals surface area contributed by atoms with Crippen molar-refractivity contribution in [1.82, 2.24) is 5.32 Å². The van der Waals surface area contributed by atoms with E-state index in [4.69, 9.17) is 0 Å². The Morgan fingerprint density at radius 1 is 0.727 bits per heavy atom. The van der Waals surface area contributed by atoms with Gasteiger partial charge >= 0.3 is 0 Å². The Hall–Kier alpha value is -2.32. The highest BCUT2D eigenvalue weighted by Gasteiger charge is 2.17. The number of benzene rings is 3. The fourth-order valence-electron chi connectivity index (χ4n) is 3.33. The van der Waals surface area contributed by atoms with Crippen molar-refractivity contribution in [3.05, 3.63) is 66.7 Å². The molecule has 1 heterocycles. The van der Waals surface area contributed by atoms with Crippen molar-refractivity contribution in [3.63, 3.8) is 0 Å². The lowest BCUT2D eigenvalue weighted by atomic mass is 9.97. The molecule has 0 amide bonds. The SMILES string of the molecule is c1ccc(-c2ccc3ccccc3c2N2CCNCC2)cc1. The van der Waals surface area contributed by atoms with Crippen molar-refractivity contribution in [2.75, 3.05) is 31.1 Å². The summed E-state index contributed by atoms with van der Waals surface area (Å²) in [5, 5.41) is 6.12. The Labute approximate surface area is 131 Å². The van der Waals surface area contributed by atoms with Crippen LogP contribution in [-0.4, -0.2) is 26.2 Å². The number of rotatable bonds is 2. The van der Waals surface area contributed by atoms with Crippen LogP contribution in [0.25, 0.3) is 21.9 Å². The highest BCUT2D eigenvalue weighted by Crippen LogP contribution is 2.37. The topological polar surface area (TPSA) is 15.3 Å². The molecule has 110 valence electrons. The molecular weight excluding hydrogens is 268 g/mol. The lowest BCUT2D eigenvalue weighted by Gasteiger charge is -2.32. The summed E-state index contributed by atoms with van der Waals surface area (Å²) >= 11 is 0. The zero-order chi connectivity index (χ0) is 14.8. The maximum Gasteiger partial charge on any atom is 0.0526 e.